The zero-order valence-corrected chi connectivity index (χ0v) is 8.42. The van der Waals surface area contributed by atoms with Crippen LogP contribution in [-0.2, 0) is 0 Å². The number of hydrogen-bond donors (Lipinski definition) is 1. The first-order valence-electron chi connectivity index (χ1n) is 3.15. The molecule has 1 aromatic rings. The van der Waals surface area contributed by atoms with Crippen molar-refractivity contribution in [2.24, 2.45) is 0 Å². The second kappa shape index (κ2) is 4.61. The van der Waals surface area contributed by atoms with Crippen molar-refractivity contribution >= 4 is 35.8 Å². The molecule has 1 aromatic heterocycles. The predicted molar refractivity (Wildman–Crippen MR) is 55.0 cm³/mol. The number of rotatable bonds is 0. The van der Waals surface area contributed by atoms with Crippen molar-refractivity contribution in [3.63, 3.8) is 0 Å². The minimum Gasteiger partial charge on any atom is -0.245 e. The molecule has 0 spiro atoms. The molecule has 0 saturated carbocycles. The quantitative estimate of drug-likeness (QED) is 0.521. The third-order valence-corrected chi connectivity index (χ3v) is 1.75. The molecule has 0 amide bonds. The summed E-state index contributed by atoms with van der Waals surface area (Å²) >= 11 is 15.4. The number of nitrogens with zero attached hydrogens (tertiary/aromatic N) is 1. The van der Waals surface area contributed by atoms with Gasteiger partial charge in [0.1, 0.15) is 5.69 Å². The number of halogens is 2. The molecule has 4 heteroatoms. The van der Waals surface area contributed by atoms with Crippen molar-refractivity contribution in [3.8, 4) is 11.8 Å². The van der Waals surface area contributed by atoms with Crippen LogP contribution in [0.1, 0.15) is 5.69 Å². The normalized spacial score (nSPS) is 8.92. The van der Waals surface area contributed by atoms with Crippen LogP contribution in [0.25, 0.3) is 0 Å². The van der Waals surface area contributed by atoms with Gasteiger partial charge >= 0.3 is 0 Å². The van der Waals surface area contributed by atoms with Gasteiger partial charge in [-0.15, -0.1) is 0 Å². The van der Waals surface area contributed by atoms with E-state index in [2.05, 4.69) is 29.5 Å². The van der Waals surface area contributed by atoms with Gasteiger partial charge in [0.2, 0.25) is 0 Å². The summed E-state index contributed by atoms with van der Waals surface area (Å²) in [5, 5.41) is 0.980. The molecule has 0 aliphatic carbocycles. The van der Waals surface area contributed by atoms with Crippen LogP contribution in [0.2, 0.25) is 10.0 Å². The highest BCUT2D eigenvalue weighted by atomic mass is 35.5. The minimum absolute atomic E-state index is 0.469. The maximum Gasteiger partial charge on any atom is 0.131 e. The molecule has 0 fully saturated rings. The fourth-order valence-corrected chi connectivity index (χ4v) is 1.14. The van der Waals surface area contributed by atoms with Crippen molar-refractivity contribution in [2.45, 2.75) is 0 Å². The van der Waals surface area contributed by atoms with Crippen molar-refractivity contribution in [1.29, 1.82) is 0 Å². The van der Waals surface area contributed by atoms with Gasteiger partial charge in [0, 0.05) is 6.20 Å². The molecule has 0 aromatic carbocycles. The maximum atomic E-state index is 5.79. The van der Waals surface area contributed by atoms with Gasteiger partial charge in [0.15, 0.2) is 0 Å². The lowest BCUT2D eigenvalue weighted by molar-refractivity contribution is 1.29. The number of aromatic nitrogens is 1. The molecule has 0 atom stereocenters. The van der Waals surface area contributed by atoms with Crippen LogP contribution in [0, 0.1) is 11.8 Å². The summed E-state index contributed by atoms with van der Waals surface area (Å²) in [6.07, 6.45) is 1.51. The summed E-state index contributed by atoms with van der Waals surface area (Å²) in [7, 11) is 0. The Hall–Kier alpha value is -0.360. The Morgan fingerprint density at radius 3 is 2.83 bits per heavy atom. The van der Waals surface area contributed by atoms with Crippen molar-refractivity contribution in [3.05, 3.63) is 28.0 Å². The van der Waals surface area contributed by atoms with Gasteiger partial charge in [-0.1, -0.05) is 29.1 Å². The SMILES string of the molecule is SCC#Cc1ncc(Cl)cc1Cl. The van der Waals surface area contributed by atoms with E-state index in [1.165, 1.54) is 6.20 Å². The number of pyridine rings is 1. The van der Waals surface area contributed by atoms with E-state index in [1.54, 1.807) is 6.07 Å². The van der Waals surface area contributed by atoms with E-state index in [9.17, 15) is 0 Å². The second-order valence-corrected chi connectivity index (χ2v) is 3.10. The van der Waals surface area contributed by atoms with Crippen LogP contribution in [0.15, 0.2) is 12.3 Å². The number of hydrogen-bond acceptors (Lipinski definition) is 2. The Kier molecular flexibility index (Phi) is 3.74. The van der Waals surface area contributed by atoms with Crippen LogP contribution in [0.5, 0.6) is 0 Å². The third kappa shape index (κ3) is 2.60. The lowest BCUT2D eigenvalue weighted by Crippen LogP contribution is -1.83. The van der Waals surface area contributed by atoms with E-state index >= 15 is 0 Å². The lowest BCUT2D eigenvalue weighted by atomic mass is 10.3. The van der Waals surface area contributed by atoms with E-state index in [0.29, 0.717) is 21.5 Å². The van der Waals surface area contributed by atoms with Crippen molar-refractivity contribution in [2.75, 3.05) is 5.75 Å². The topological polar surface area (TPSA) is 12.9 Å². The van der Waals surface area contributed by atoms with Crippen LogP contribution in [0.4, 0.5) is 0 Å². The standard InChI is InChI=1S/C8H5Cl2NS/c9-6-4-7(10)8(11-5-6)2-1-3-12/h4-5,12H,3H2. The average Bonchev–Trinajstić information content (AvgIpc) is 2.03. The fourth-order valence-electron chi connectivity index (χ4n) is 0.630. The lowest BCUT2D eigenvalue weighted by Gasteiger charge is -1.93. The molecule has 0 N–H and O–H groups in total. The second-order valence-electron chi connectivity index (χ2n) is 1.94. The molecule has 1 heterocycles. The maximum absolute atomic E-state index is 5.79. The summed E-state index contributed by atoms with van der Waals surface area (Å²) in [4.78, 5) is 3.94. The molecule has 1 nitrogen and oxygen atoms in total. The Morgan fingerprint density at radius 2 is 2.25 bits per heavy atom. The summed E-state index contributed by atoms with van der Waals surface area (Å²) in [5.74, 6) is 6.00. The average molecular weight is 218 g/mol. The Morgan fingerprint density at radius 1 is 1.50 bits per heavy atom. The van der Waals surface area contributed by atoms with Crippen LogP contribution in [0.3, 0.4) is 0 Å². The zero-order valence-electron chi connectivity index (χ0n) is 6.01. The summed E-state index contributed by atoms with van der Waals surface area (Å²) in [6, 6.07) is 1.61. The zero-order chi connectivity index (χ0) is 8.97. The summed E-state index contributed by atoms with van der Waals surface area (Å²) < 4.78 is 0. The summed E-state index contributed by atoms with van der Waals surface area (Å²) in [6.45, 7) is 0. The molecular weight excluding hydrogens is 213 g/mol. The van der Waals surface area contributed by atoms with Crippen LogP contribution >= 0.6 is 35.8 Å². The monoisotopic (exact) mass is 217 g/mol. The first-order valence-corrected chi connectivity index (χ1v) is 4.53. The molecular formula is C8H5Cl2NS. The molecule has 62 valence electrons. The van der Waals surface area contributed by atoms with Gasteiger partial charge in [0.05, 0.1) is 15.8 Å². The molecule has 1 rings (SSSR count). The van der Waals surface area contributed by atoms with Crippen molar-refractivity contribution in [1.82, 2.24) is 4.98 Å². The van der Waals surface area contributed by atoms with Gasteiger partial charge in [-0.25, -0.2) is 4.98 Å². The summed E-state index contributed by atoms with van der Waals surface area (Å²) in [5.41, 5.74) is 0.537. The Balaban J connectivity index is 3.01. The first kappa shape index (κ1) is 9.73. The number of thiol groups is 1. The highest BCUT2D eigenvalue weighted by Crippen LogP contribution is 2.17. The van der Waals surface area contributed by atoms with Crippen molar-refractivity contribution < 1.29 is 0 Å². The van der Waals surface area contributed by atoms with E-state index in [0.717, 1.165) is 0 Å². The largest absolute Gasteiger partial charge is 0.245 e. The molecule has 0 saturated heterocycles. The highest BCUT2D eigenvalue weighted by Gasteiger charge is 1.98. The Bertz CT molecular complexity index is 341. The van der Waals surface area contributed by atoms with Gasteiger partial charge in [0.25, 0.3) is 0 Å². The van der Waals surface area contributed by atoms with Gasteiger partial charge in [-0.3, -0.25) is 0 Å². The first-order chi connectivity index (χ1) is 5.74. The minimum atomic E-state index is 0.469. The molecule has 0 aliphatic heterocycles. The predicted octanol–water partition coefficient (Wildman–Crippen LogP) is 2.67. The van der Waals surface area contributed by atoms with Gasteiger partial charge in [-0.05, 0) is 12.0 Å². The third-order valence-electron chi connectivity index (χ3n) is 1.09. The smallest absolute Gasteiger partial charge is 0.131 e. The van der Waals surface area contributed by atoms with E-state index in [-0.39, 0.29) is 0 Å². The van der Waals surface area contributed by atoms with Gasteiger partial charge < -0.3 is 0 Å². The Labute approximate surface area is 86.5 Å². The molecule has 0 radical (unpaired) electrons. The fraction of sp³-hybridized carbons (Fsp3) is 0.125. The molecule has 0 aliphatic rings. The molecule has 12 heavy (non-hydrogen) atoms. The molecule has 0 unspecified atom stereocenters. The van der Waals surface area contributed by atoms with E-state index in [4.69, 9.17) is 23.2 Å². The van der Waals surface area contributed by atoms with E-state index < -0.39 is 0 Å². The van der Waals surface area contributed by atoms with Crippen LogP contribution < -0.4 is 0 Å². The van der Waals surface area contributed by atoms with Crippen LogP contribution in [-0.4, -0.2) is 10.7 Å². The van der Waals surface area contributed by atoms with Gasteiger partial charge in [-0.2, -0.15) is 12.6 Å². The van der Waals surface area contributed by atoms with E-state index in [1.807, 2.05) is 0 Å². The highest BCUT2D eigenvalue weighted by molar-refractivity contribution is 7.80. The molecule has 0 bridgehead atoms.